The van der Waals surface area contributed by atoms with Crippen molar-refractivity contribution in [1.29, 1.82) is 0 Å². The van der Waals surface area contributed by atoms with Crippen molar-refractivity contribution in [2.75, 3.05) is 21.1 Å². The molecule has 0 fully saturated rings. The highest BCUT2D eigenvalue weighted by molar-refractivity contribution is 5.21. The Morgan fingerprint density at radius 1 is 1.07 bits per heavy atom. The van der Waals surface area contributed by atoms with Crippen LogP contribution in [0.4, 0.5) is 0 Å². The van der Waals surface area contributed by atoms with Gasteiger partial charge in [-0.2, -0.15) is 0 Å². The van der Waals surface area contributed by atoms with E-state index in [4.69, 9.17) is 5.84 Å². The highest BCUT2D eigenvalue weighted by Gasteiger charge is 2.07. The third-order valence-corrected chi connectivity index (χ3v) is 1.99. The van der Waals surface area contributed by atoms with Crippen LogP contribution in [-0.4, -0.2) is 25.6 Å². The molecule has 0 amide bonds. The van der Waals surface area contributed by atoms with Crippen LogP contribution in [0.25, 0.3) is 0 Å². The van der Waals surface area contributed by atoms with Gasteiger partial charge in [-0.25, -0.2) is 0 Å². The van der Waals surface area contributed by atoms with E-state index in [1.54, 1.807) is 0 Å². The summed E-state index contributed by atoms with van der Waals surface area (Å²) in [6.45, 7) is 1.78. The molecule has 3 N–H and O–H groups in total. The molecule has 0 saturated carbocycles. The van der Waals surface area contributed by atoms with E-state index in [9.17, 15) is 0 Å². The Morgan fingerprint density at radius 3 is 2.00 bits per heavy atom. The van der Waals surface area contributed by atoms with Gasteiger partial charge in [-0.05, 0) is 5.56 Å². The first-order chi connectivity index (χ1) is 6.51. The van der Waals surface area contributed by atoms with Crippen molar-refractivity contribution in [3.05, 3.63) is 35.4 Å². The fourth-order valence-electron chi connectivity index (χ4n) is 1.43. The Labute approximate surface area is 86.1 Å². The molecule has 0 saturated heterocycles. The first kappa shape index (κ1) is 11.2. The molecule has 0 radical (unpaired) electrons. The quantitative estimate of drug-likeness (QED) is 0.424. The Bertz CT molecular complexity index is 272. The summed E-state index contributed by atoms with van der Waals surface area (Å²) in [6.07, 6.45) is 0. The third kappa shape index (κ3) is 3.87. The Balaban J connectivity index is 2.64. The zero-order valence-corrected chi connectivity index (χ0v) is 9.25. The van der Waals surface area contributed by atoms with Crippen LogP contribution in [0.15, 0.2) is 24.3 Å². The zero-order chi connectivity index (χ0) is 10.6. The maximum atomic E-state index is 5.25. The van der Waals surface area contributed by atoms with Crippen molar-refractivity contribution < 1.29 is 4.48 Å². The van der Waals surface area contributed by atoms with Crippen LogP contribution in [0.2, 0.25) is 0 Å². The Morgan fingerprint density at radius 2 is 1.57 bits per heavy atom. The second-order valence-corrected chi connectivity index (χ2v) is 4.65. The summed E-state index contributed by atoms with van der Waals surface area (Å²) < 4.78 is 0.953. The van der Waals surface area contributed by atoms with Gasteiger partial charge >= 0.3 is 0 Å². The van der Waals surface area contributed by atoms with Crippen molar-refractivity contribution in [2.24, 2.45) is 5.84 Å². The SMILES string of the molecule is C[N+](C)(C)Cc1ccc(CNN)cc1. The second-order valence-electron chi connectivity index (χ2n) is 4.65. The second kappa shape index (κ2) is 4.55. The fraction of sp³-hybridized carbons (Fsp3) is 0.455. The number of nitrogens with zero attached hydrogens (tertiary/aromatic N) is 1. The van der Waals surface area contributed by atoms with Gasteiger partial charge < -0.3 is 4.48 Å². The van der Waals surface area contributed by atoms with E-state index in [1.807, 2.05) is 0 Å². The highest BCUT2D eigenvalue weighted by Crippen LogP contribution is 2.08. The normalized spacial score (nSPS) is 11.7. The molecule has 1 rings (SSSR count). The van der Waals surface area contributed by atoms with Crippen molar-refractivity contribution in [2.45, 2.75) is 13.1 Å². The number of hydrogen-bond donors (Lipinski definition) is 2. The minimum atomic E-state index is 0.727. The van der Waals surface area contributed by atoms with Gasteiger partial charge in [0.05, 0.1) is 21.1 Å². The average molecular weight is 194 g/mol. The molecule has 1 aromatic rings. The predicted molar refractivity (Wildman–Crippen MR) is 59.2 cm³/mol. The van der Waals surface area contributed by atoms with Gasteiger partial charge in [-0.15, -0.1) is 0 Å². The van der Waals surface area contributed by atoms with Gasteiger partial charge in [-0.3, -0.25) is 11.3 Å². The molecule has 0 heterocycles. The van der Waals surface area contributed by atoms with Gasteiger partial charge in [0.2, 0.25) is 0 Å². The molecule has 3 nitrogen and oxygen atoms in total. The molecule has 0 unspecified atom stereocenters. The smallest absolute Gasteiger partial charge is 0.104 e. The van der Waals surface area contributed by atoms with Gasteiger partial charge in [0.1, 0.15) is 6.54 Å². The first-order valence-electron chi connectivity index (χ1n) is 4.83. The van der Waals surface area contributed by atoms with E-state index in [1.165, 1.54) is 11.1 Å². The van der Waals surface area contributed by atoms with Gasteiger partial charge in [-0.1, -0.05) is 24.3 Å². The van der Waals surface area contributed by atoms with E-state index < -0.39 is 0 Å². The summed E-state index contributed by atoms with van der Waals surface area (Å²) in [4.78, 5) is 0. The summed E-state index contributed by atoms with van der Waals surface area (Å²) in [5.74, 6) is 5.25. The number of rotatable bonds is 4. The first-order valence-corrected chi connectivity index (χ1v) is 4.83. The fourth-order valence-corrected chi connectivity index (χ4v) is 1.43. The summed E-state index contributed by atoms with van der Waals surface area (Å²) in [7, 11) is 6.57. The molecule has 0 aliphatic heterocycles. The summed E-state index contributed by atoms with van der Waals surface area (Å²) in [5.41, 5.74) is 5.23. The molecule has 0 spiro atoms. The molecule has 0 aromatic heterocycles. The summed E-state index contributed by atoms with van der Waals surface area (Å²) >= 11 is 0. The molecule has 78 valence electrons. The highest BCUT2D eigenvalue weighted by atomic mass is 15.3. The molecule has 0 atom stereocenters. The molecule has 0 bridgehead atoms. The zero-order valence-electron chi connectivity index (χ0n) is 9.25. The lowest BCUT2D eigenvalue weighted by Gasteiger charge is -2.23. The van der Waals surface area contributed by atoms with Crippen LogP contribution in [-0.2, 0) is 13.1 Å². The van der Waals surface area contributed by atoms with Crippen LogP contribution < -0.4 is 11.3 Å². The Kier molecular flexibility index (Phi) is 3.63. The third-order valence-electron chi connectivity index (χ3n) is 1.99. The van der Waals surface area contributed by atoms with Crippen LogP contribution >= 0.6 is 0 Å². The molecule has 3 heteroatoms. The largest absolute Gasteiger partial charge is 0.327 e. The molecule has 0 aliphatic carbocycles. The van der Waals surface area contributed by atoms with Crippen molar-refractivity contribution in [1.82, 2.24) is 5.43 Å². The summed E-state index contributed by atoms with van der Waals surface area (Å²) in [5, 5.41) is 0. The Hall–Kier alpha value is -0.900. The molecular formula is C11H20N3+. The molecule has 14 heavy (non-hydrogen) atoms. The van der Waals surface area contributed by atoms with E-state index >= 15 is 0 Å². The number of benzene rings is 1. The predicted octanol–water partition coefficient (Wildman–Crippen LogP) is 0.856. The monoisotopic (exact) mass is 194 g/mol. The van der Waals surface area contributed by atoms with E-state index in [-0.39, 0.29) is 0 Å². The summed E-state index contributed by atoms with van der Waals surface area (Å²) in [6, 6.07) is 8.56. The topological polar surface area (TPSA) is 38.0 Å². The number of nitrogens with one attached hydrogen (secondary N) is 1. The molecular weight excluding hydrogens is 174 g/mol. The van der Waals surface area contributed by atoms with E-state index in [2.05, 4.69) is 50.8 Å². The van der Waals surface area contributed by atoms with Crippen LogP contribution in [0.3, 0.4) is 0 Å². The number of hydrogen-bond acceptors (Lipinski definition) is 2. The van der Waals surface area contributed by atoms with Gasteiger partial charge in [0.15, 0.2) is 0 Å². The maximum absolute atomic E-state index is 5.25. The number of hydrazine groups is 1. The number of quaternary nitrogens is 1. The molecule has 0 aliphatic rings. The standard InChI is InChI=1S/C11H20N3/c1-14(2,3)9-11-6-4-10(5-7-11)8-13-12/h4-7,13H,8-9,12H2,1-3H3/q+1. The van der Waals surface area contributed by atoms with Crippen LogP contribution in [0.1, 0.15) is 11.1 Å². The van der Waals surface area contributed by atoms with Gasteiger partial charge in [0.25, 0.3) is 0 Å². The van der Waals surface area contributed by atoms with Gasteiger partial charge in [0, 0.05) is 12.1 Å². The minimum absolute atomic E-state index is 0.727. The lowest BCUT2D eigenvalue weighted by molar-refractivity contribution is -0.884. The van der Waals surface area contributed by atoms with E-state index in [0.717, 1.165) is 17.6 Å². The van der Waals surface area contributed by atoms with Crippen LogP contribution in [0.5, 0.6) is 0 Å². The van der Waals surface area contributed by atoms with Crippen LogP contribution in [0, 0.1) is 0 Å². The van der Waals surface area contributed by atoms with Crippen molar-refractivity contribution in [3.63, 3.8) is 0 Å². The minimum Gasteiger partial charge on any atom is -0.327 e. The number of nitrogens with two attached hydrogens (primary N) is 1. The van der Waals surface area contributed by atoms with Crippen molar-refractivity contribution >= 4 is 0 Å². The lowest BCUT2D eigenvalue weighted by Crippen LogP contribution is -2.33. The molecule has 1 aromatic carbocycles. The van der Waals surface area contributed by atoms with Crippen molar-refractivity contribution in [3.8, 4) is 0 Å². The average Bonchev–Trinajstić information content (AvgIpc) is 2.06. The van der Waals surface area contributed by atoms with E-state index in [0.29, 0.717) is 0 Å². The maximum Gasteiger partial charge on any atom is 0.104 e. The lowest BCUT2D eigenvalue weighted by atomic mass is 10.1.